The largest absolute Gasteiger partial charge is 0.398 e. The minimum Gasteiger partial charge on any atom is -0.398 e. The predicted molar refractivity (Wildman–Crippen MR) is 74.5 cm³/mol. The van der Waals surface area contributed by atoms with E-state index in [9.17, 15) is 12.8 Å². The molecule has 0 spiro atoms. The lowest BCUT2D eigenvalue weighted by Gasteiger charge is -2.19. The number of aliphatic hydroxyl groups is 1. The lowest BCUT2D eigenvalue weighted by atomic mass is 10.1. The molecular formula is C11H16BrFN2O3S. The molecule has 19 heavy (non-hydrogen) atoms. The predicted octanol–water partition coefficient (Wildman–Crippen LogP) is 1.47. The van der Waals surface area contributed by atoms with Crippen molar-refractivity contribution in [3.8, 4) is 0 Å². The van der Waals surface area contributed by atoms with Crippen LogP contribution in [-0.4, -0.2) is 26.2 Å². The van der Waals surface area contributed by atoms with Crippen molar-refractivity contribution in [3.05, 3.63) is 22.4 Å². The van der Waals surface area contributed by atoms with Gasteiger partial charge in [0.25, 0.3) is 0 Å². The molecule has 4 N–H and O–H groups in total. The molecule has 0 fully saturated rings. The van der Waals surface area contributed by atoms with E-state index in [2.05, 4.69) is 20.7 Å². The number of nitrogen functional groups attached to an aromatic ring is 1. The molecule has 0 aliphatic carbocycles. The number of anilines is 1. The van der Waals surface area contributed by atoms with Gasteiger partial charge in [0.1, 0.15) is 10.7 Å². The molecule has 0 aliphatic heterocycles. The Bertz CT molecular complexity index is 565. The zero-order chi connectivity index (χ0) is 14.8. The third kappa shape index (κ3) is 3.88. The monoisotopic (exact) mass is 354 g/mol. The van der Waals surface area contributed by atoms with Gasteiger partial charge in [-0.25, -0.2) is 17.5 Å². The minimum absolute atomic E-state index is 0.129. The second kappa shape index (κ2) is 6.17. The topological polar surface area (TPSA) is 92.4 Å². The van der Waals surface area contributed by atoms with Gasteiger partial charge in [0.2, 0.25) is 10.0 Å². The zero-order valence-electron chi connectivity index (χ0n) is 10.5. The van der Waals surface area contributed by atoms with E-state index in [4.69, 9.17) is 10.8 Å². The lowest BCUT2D eigenvalue weighted by Crippen LogP contribution is -2.38. The average Bonchev–Trinajstić information content (AvgIpc) is 2.31. The van der Waals surface area contributed by atoms with Crippen LogP contribution in [0.25, 0.3) is 0 Å². The van der Waals surface area contributed by atoms with Gasteiger partial charge in [-0.15, -0.1) is 0 Å². The van der Waals surface area contributed by atoms with E-state index in [-0.39, 0.29) is 18.2 Å². The Morgan fingerprint density at radius 2 is 2.05 bits per heavy atom. The summed E-state index contributed by atoms with van der Waals surface area (Å²) in [5, 5.41) is 8.97. The number of halogens is 2. The molecule has 8 heteroatoms. The lowest BCUT2D eigenvalue weighted by molar-refractivity contribution is 0.216. The van der Waals surface area contributed by atoms with E-state index >= 15 is 0 Å². The highest BCUT2D eigenvalue weighted by molar-refractivity contribution is 9.10. The number of nitrogens with one attached hydrogen (secondary N) is 1. The standard InChI is InChI=1S/C11H16BrFN2O3S/c1-6(5-16)7(2)15-19(17,18)11-4-10(14)8(12)3-9(11)13/h3-4,6-7,15-16H,5,14H2,1-2H3. The van der Waals surface area contributed by atoms with E-state index in [1.54, 1.807) is 13.8 Å². The molecule has 2 atom stereocenters. The molecule has 0 amide bonds. The normalized spacial score (nSPS) is 15.2. The quantitative estimate of drug-likeness (QED) is 0.698. The first-order valence-electron chi connectivity index (χ1n) is 5.56. The molecular weight excluding hydrogens is 339 g/mol. The molecule has 0 aliphatic rings. The van der Waals surface area contributed by atoms with Crippen molar-refractivity contribution in [2.75, 3.05) is 12.3 Å². The van der Waals surface area contributed by atoms with E-state index in [1.165, 1.54) is 0 Å². The maximum absolute atomic E-state index is 13.7. The third-order valence-corrected chi connectivity index (χ3v) is 5.08. The van der Waals surface area contributed by atoms with Crippen molar-refractivity contribution in [2.45, 2.75) is 24.8 Å². The van der Waals surface area contributed by atoms with Crippen LogP contribution in [-0.2, 0) is 10.0 Å². The van der Waals surface area contributed by atoms with Crippen LogP contribution >= 0.6 is 15.9 Å². The van der Waals surface area contributed by atoms with Gasteiger partial charge in [-0.3, -0.25) is 0 Å². The smallest absolute Gasteiger partial charge is 0.243 e. The number of sulfonamides is 1. The van der Waals surface area contributed by atoms with Gasteiger partial charge in [0.15, 0.2) is 0 Å². The molecule has 0 aromatic heterocycles. The van der Waals surface area contributed by atoms with Crippen LogP contribution in [0.3, 0.4) is 0 Å². The Kier molecular flexibility index (Phi) is 5.31. The van der Waals surface area contributed by atoms with Crippen molar-refractivity contribution in [1.82, 2.24) is 4.72 Å². The van der Waals surface area contributed by atoms with Gasteiger partial charge in [-0.1, -0.05) is 6.92 Å². The van der Waals surface area contributed by atoms with E-state index < -0.39 is 26.8 Å². The van der Waals surface area contributed by atoms with Crippen molar-refractivity contribution in [1.29, 1.82) is 0 Å². The molecule has 0 saturated carbocycles. The van der Waals surface area contributed by atoms with Gasteiger partial charge >= 0.3 is 0 Å². The Hall–Kier alpha value is -0.700. The van der Waals surface area contributed by atoms with Crippen LogP contribution in [0, 0.1) is 11.7 Å². The number of rotatable bonds is 5. The molecule has 1 aromatic rings. The molecule has 0 radical (unpaired) electrons. The number of aliphatic hydroxyl groups excluding tert-OH is 1. The third-order valence-electron chi connectivity index (χ3n) is 2.82. The van der Waals surface area contributed by atoms with Crippen molar-refractivity contribution >= 4 is 31.6 Å². The summed E-state index contributed by atoms with van der Waals surface area (Å²) in [6.45, 7) is 3.10. The summed E-state index contributed by atoms with van der Waals surface area (Å²) in [6, 6.07) is 1.53. The van der Waals surface area contributed by atoms with Crippen LogP contribution < -0.4 is 10.5 Å². The highest BCUT2D eigenvalue weighted by atomic mass is 79.9. The van der Waals surface area contributed by atoms with Crippen LogP contribution in [0.15, 0.2) is 21.5 Å². The first-order valence-corrected chi connectivity index (χ1v) is 7.84. The average molecular weight is 355 g/mol. The molecule has 0 bridgehead atoms. The van der Waals surface area contributed by atoms with Crippen LogP contribution in [0.5, 0.6) is 0 Å². The highest BCUT2D eigenvalue weighted by Gasteiger charge is 2.24. The Labute approximate surface area is 120 Å². The maximum atomic E-state index is 13.7. The van der Waals surface area contributed by atoms with Gasteiger partial charge in [-0.2, -0.15) is 0 Å². The van der Waals surface area contributed by atoms with Crippen molar-refractivity contribution in [3.63, 3.8) is 0 Å². The summed E-state index contributed by atoms with van der Waals surface area (Å²) in [5.74, 6) is -1.18. The van der Waals surface area contributed by atoms with Crippen LogP contribution in [0.4, 0.5) is 10.1 Å². The Morgan fingerprint density at radius 1 is 1.47 bits per heavy atom. The summed E-state index contributed by atoms with van der Waals surface area (Å²) < 4.78 is 40.4. The molecule has 2 unspecified atom stereocenters. The molecule has 1 aromatic carbocycles. The van der Waals surface area contributed by atoms with Gasteiger partial charge in [0.05, 0.1) is 0 Å². The summed E-state index contributed by atoms with van der Waals surface area (Å²) in [7, 11) is -4.02. The fraction of sp³-hybridized carbons (Fsp3) is 0.455. The highest BCUT2D eigenvalue weighted by Crippen LogP contribution is 2.26. The van der Waals surface area contributed by atoms with E-state index in [0.29, 0.717) is 4.47 Å². The summed E-state index contributed by atoms with van der Waals surface area (Å²) >= 11 is 3.02. The minimum atomic E-state index is -4.02. The van der Waals surface area contributed by atoms with Crippen molar-refractivity contribution in [2.24, 2.45) is 5.92 Å². The van der Waals surface area contributed by atoms with Gasteiger partial charge < -0.3 is 10.8 Å². The summed E-state index contributed by atoms with van der Waals surface area (Å²) in [5.41, 5.74) is 5.69. The van der Waals surface area contributed by atoms with Gasteiger partial charge in [-0.05, 0) is 40.9 Å². The SMILES string of the molecule is CC(CO)C(C)NS(=O)(=O)c1cc(N)c(Br)cc1F. The zero-order valence-corrected chi connectivity index (χ0v) is 12.9. The van der Waals surface area contributed by atoms with Crippen LogP contribution in [0.1, 0.15) is 13.8 Å². The van der Waals surface area contributed by atoms with Crippen molar-refractivity contribution < 1.29 is 17.9 Å². The Balaban J connectivity index is 3.11. The Morgan fingerprint density at radius 3 is 2.58 bits per heavy atom. The molecule has 5 nitrogen and oxygen atoms in total. The maximum Gasteiger partial charge on any atom is 0.243 e. The second-order valence-electron chi connectivity index (χ2n) is 4.37. The van der Waals surface area contributed by atoms with Crippen LogP contribution in [0.2, 0.25) is 0 Å². The van der Waals surface area contributed by atoms with E-state index in [1.807, 2.05) is 0 Å². The van der Waals surface area contributed by atoms with Gasteiger partial charge in [0, 0.05) is 22.8 Å². The fourth-order valence-corrected chi connectivity index (χ4v) is 3.10. The number of benzene rings is 1. The summed E-state index contributed by atoms with van der Waals surface area (Å²) in [6.07, 6.45) is 0. The number of hydrogen-bond acceptors (Lipinski definition) is 4. The fourth-order valence-electron chi connectivity index (χ4n) is 1.33. The number of hydrogen-bond donors (Lipinski definition) is 3. The van der Waals surface area contributed by atoms with E-state index in [0.717, 1.165) is 12.1 Å². The first kappa shape index (κ1) is 16.4. The summed E-state index contributed by atoms with van der Waals surface area (Å²) in [4.78, 5) is -0.509. The molecule has 0 heterocycles. The molecule has 0 saturated heterocycles. The molecule has 108 valence electrons. The number of nitrogens with two attached hydrogens (primary N) is 1. The first-order chi connectivity index (χ1) is 8.69. The second-order valence-corrected chi connectivity index (χ2v) is 6.91. The molecule has 1 rings (SSSR count).